The third kappa shape index (κ3) is 3.57. The molecule has 1 amide bonds. The first-order valence-electron chi connectivity index (χ1n) is 9.18. The third-order valence-corrected chi connectivity index (χ3v) is 8.38. The maximum Gasteiger partial charge on any atom is 0.252 e. The van der Waals surface area contributed by atoms with E-state index in [0.29, 0.717) is 30.1 Å². The Morgan fingerprint density at radius 2 is 2.11 bits per heavy atom. The average molecular weight is 419 g/mol. The Labute approximate surface area is 168 Å². The number of benzene rings is 1. The number of carbonyl (C=O) groups is 1. The molecule has 1 aliphatic rings. The highest BCUT2D eigenvalue weighted by Gasteiger charge is 2.33. The topological polar surface area (TPSA) is 84.3 Å². The van der Waals surface area contributed by atoms with Crippen molar-refractivity contribution in [1.82, 2.24) is 19.2 Å². The van der Waals surface area contributed by atoms with Crippen LogP contribution in [0.25, 0.3) is 11.0 Å². The summed E-state index contributed by atoms with van der Waals surface area (Å²) >= 11 is 1.20. The summed E-state index contributed by atoms with van der Waals surface area (Å²) in [6.45, 7) is 0.988. The molecule has 28 heavy (non-hydrogen) atoms. The molecule has 0 aliphatic carbocycles. The predicted octanol–water partition coefficient (Wildman–Crippen LogP) is 2.35. The molecular formula is C19H22N4O3S2. The SMILES string of the molecule is Cn1c(CNC(=O)C2CCCN(S(=O)(=O)c3cccs3)C2)nc2ccccc21. The van der Waals surface area contributed by atoms with Gasteiger partial charge in [-0.15, -0.1) is 11.3 Å². The van der Waals surface area contributed by atoms with Crippen molar-refractivity contribution in [2.45, 2.75) is 23.6 Å². The number of aromatic nitrogens is 2. The van der Waals surface area contributed by atoms with Crippen LogP contribution in [0.2, 0.25) is 0 Å². The van der Waals surface area contributed by atoms with Crippen molar-refractivity contribution in [1.29, 1.82) is 0 Å². The summed E-state index contributed by atoms with van der Waals surface area (Å²) in [5.41, 5.74) is 1.90. The molecule has 1 fully saturated rings. The summed E-state index contributed by atoms with van der Waals surface area (Å²) in [6.07, 6.45) is 1.36. The zero-order chi connectivity index (χ0) is 19.7. The van der Waals surface area contributed by atoms with Crippen LogP contribution in [-0.4, -0.2) is 41.3 Å². The van der Waals surface area contributed by atoms with Crippen LogP contribution in [0.15, 0.2) is 46.0 Å². The lowest BCUT2D eigenvalue weighted by molar-refractivity contribution is -0.126. The second kappa shape index (κ2) is 7.65. The second-order valence-corrected chi connectivity index (χ2v) is 10.0. The fraction of sp³-hybridized carbons (Fsp3) is 0.368. The monoisotopic (exact) mass is 418 g/mol. The van der Waals surface area contributed by atoms with Crippen LogP contribution in [0, 0.1) is 5.92 Å². The van der Waals surface area contributed by atoms with Crippen LogP contribution >= 0.6 is 11.3 Å². The number of para-hydroxylation sites is 2. The average Bonchev–Trinajstić information content (AvgIpc) is 3.36. The van der Waals surface area contributed by atoms with E-state index in [1.165, 1.54) is 15.6 Å². The molecule has 0 saturated carbocycles. The minimum absolute atomic E-state index is 0.127. The van der Waals surface area contributed by atoms with E-state index in [4.69, 9.17) is 0 Å². The van der Waals surface area contributed by atoms with E-state index in [0.717, 1.165) is 16.9 Å². The molecule has 1 saturated heterocycles. The molecule has 0 spiro atoms. The molecule has 7 nitrogen and oxygen atoms in total. The van der Waals surface area contributed by atoms with E-state index < -0.39 is 10.0 Å². The third-order valence-electron chi connectivity index (χ3n) is 5.14. The summed E-state index contributed by atoms with van der Waals surface area (Å²) in [7, 11) is -1.60. The zero-order valence-electron chi connectivity index (χ0n) is 15.5. The number of piperidine rings is 1. The Balaban J connectivity index is 1.42. The molecule has 4 rings (SSSR count). The van der Waals surface area contributed by atoms with Gasteiger partial charge >= 0.3 is 0 Å². The zero-order valence-corrected chi connectivity index (χ0v) is 17.2. The number of thiophene rings is 1. The molecule has 1 N–H and O–H groups in total. The Kier molecular flexibility index (Phi) is 5.22. The summed E-state index contributed by atoms with van der Waals surface area (Å²) in [5, 5.41) is 4.68. The molecule has 0 radical (unpaired) electrons. The largest absolute Gasteiger partial charge is 0.349 e. The lowest BCUT2D eigenvalue weighted by Crippen LogP contribution is -2.45. The molecule has 1 atom stereocenters. The van der Waals surface area contributed by atoms with Gasteiger partial charge in [-0.1, -0.05) is 18.2 Å². The number of amides is 1. The van der Waals surface area contributed by atoms with Gasteiger partial charge in [0.05, 0.1) is 23.5 Å². The van der Waals surface area contributed by atoms with Crippen molar-refractivity contribution in [3.63, 3.8) is 0 Å². The fourth-order valence-electron chi connectivity index (χ4n) is 3.58. The van der Waals surface area contributed by atoms with Crippen LogP contribution in [-0.2, 0) is 28.4 Å². The smallest absolute Gasteiger partial charge is 0.252 e. The number of rotatable bonds is 5. The molecule has 1 aromatic carbocycles. The van der Waals surface area contributed by atoms with Gasteiger partial charge in [0.15, 0.2) is 0 Å². The fourth-order valence-corrected chi connectivity index (χ4v) is 6.24. The second-order valence-electron chi connectivity index (χ2n) is 6.93. The normalized spacial score (nSPS) is 18.4. The Bertz CT molecular complexity index is 1090. The van der Waals surface area contributed by atoms with Gasteiger partial charge < -0.3 is 9.88 Å². The number of nitrogens with zero attached hydrogens (tertiary/aromatic N) is 3. The van der Waals surface area contributed by atoms with E-state index in [1.54, 1.807) is 17.5 Å². The molecule has 148 valence electrons. The van der Waals surface area contributed by atoms with E-state index >= 15 is 0 Å². The first-order chi connectivity index (χ1) is 13.5. The Hall–Kier alpha value is -2.23. The van der Waals surface area contributed by atoms with Crippen molar-refractivity contribution >= 4 is 38.3 Å². The number of fused-ring (bicyclic) bond motifs is 1. The molecule has 9 heteroatoms. The number of hydrogen-bond donors (Lipinski definition) is 1. The van der Waals surface area contributed by atoms with Gasteiger partial charge in [0.25, 0.3) is 10.0 Å². The van der Waals surface area contributed by atoms with Crippen LogP contribution in [0.1, 0.15) is 18.7 Å². The van der Waals surface area contributed by atoms with Crippen LogP contribution in [0.4, 0.5) is 0 Å². The molecule has 0 bridgehead atoms. The number of imidazole rings is 1. The Morgan fingerprint density at radius 3 is 2.86 bits per heavy atom. The summed E-state index contributed by atoms with van der Waals surface area (Å²) in [5.74, 6) is 0.296. The Morgan fingerprint density at radius 1 is 1.29 bits per heavy atom. The quantitative estimate of drug-likeness (QED) is 0.689. The van der Waals surface area contributed by atoms with Gasteiger partial charge in [-0.3, -0.25) is 4.79 Å². The lowest BCUT2D eigenvalue weighted by atomic mass is 9.99. The minimum Gasteiger partial charge on any atom is -0.349 e. The number of carbonyl (C=O) groups excluding carboxylic acids is 1. The maximum absolute atomic E-state index is 12.7. The van der Waals surface area contributed by atoms with Gasteiger partial charge in [-0.05, 0) is 36.4 Å². The highest BCUT2D eigenvalue weighted by molar-refractivity contribution is 7.91. The molecule has 2 aromatic heterocycles. The summed E-state index contributed by atoms with van der Waals surface area (Å²) in [4.78, 5) is 17.3. The van der Waals surface area contributed by atoms with Crippen molar-refractivity contribution < 1.29 is 13.2 Å². The number of nitrogens with one attached hydrogen (secondary N) is 1. The molecule has 1 unspecified atom stereocenters. The van der Waals surface area contributed by atoms with Gasteiger partial charge in [-0.2, -0.15) is 4.31 Å². The molecule has 3 aromatic rings. The maximum atomic E-state index is 12.7. The highest BCUT2D eigenvalue weighted by atomic mass is 32.2. The number of aryl methyl sites for hydroxylation is 1. The van der Waals surface area contributed by atoms with E-state index in [-0.39, 0.29) is 18.4 Å². The minimum atomic E-state index is -3.52. The lowest BCUT2D eigenvalue weighted by Gasteiger charge is -2.30. The number of sulfonamides is 1. The van der Waals surface area contributed by atoms with Crippen LogP contribution in [0.5, 0.6) is 0 Å². The van der Waals surface area contributed by atoms with Crippen molar-refractivity contribution in [3.8, 4) is 0 Å². The van der Waals surface area contributed by atoms with E-state index in [9.17, 15) is 13.2 Å². The van der Waals surface area contributed by atoms with Crippen LogP contribution in [0.3, 0.4) is 0 Å². The van der Waals surface area contributed by atoms with Gasteiger partial charge in [-0.25, -0.2) is 13.4 Å². The van der Waals surface area contributed by atoms with E-state index in [2.05, 4.69) is 10.3 Å². The summed E-state index contributed by atoms with van der Waals surface area (Å²) in [6, 6.07) is 11.1. The van der Waals surface area contributed by atoms with Crippen molar-refractivity contribution in [3.05, 3.63) is 47.6 Å². The predicted molar refractivity (Wildman–Crippen MR) is 108 cm³/mol. The van der Waals surface area contributed by atoms with Gasteiger partial charge in [0.1, 0.15) is 10.0 Å². The van der Waals surface area contributed by atoms with Gasteiger partial charge in [0, 0.05) is 20.1 Å². The van der Waals surface area contributed by atoms with Crippen molar-refractivity contribution in [2.24, 2.45) is 13.0 Å². The van der Waals surface area contributed by atoms with Crippen molar-refractivity contribution in [2.75, 3.05) is 13.1 Å². The molecule has 1 aliphatic heterocycles. The van der Waals surface area contributed by atoms with E-state index in [1.807, 2.05) is 35.9 Å². The van der Waals surface area contributed by atoms with Gasteiger partial charge in [0.2, 0.25) is 5.91 Å². The summed E-state index contributed by atoms with van der Waals surface area (Å²) < 4.78 is 29.2. The highest BCUT2D eigenvalue weighted by Crippen LogP contribution is 2.26. The van der Waals surface area contributed by atoms with Crippen LogP contribution < -0.4 is 5.32 Å². The molecular weight excluding hydrogens is 396 g/mol. The first-order valence-corrected chi connectivity index (χ1v) is 11.5. The first kappa shape index (κ1) is 19.1. The number of hydrogen-bond acceptors (Lipinski definition) is 5. The standard InChI is InChI=1S/C19H22N4O3S2/c1-22-16-8-3-2-7-15(16)21-17(22)12-20-19(24)14-6-4-10-23(13-14)28(25,26)18-9-5-11-27-18/h2-3,5,7-9,11,14H,4,6,10,12-13H2,1H3,(H,20,24). The molecule has 3 heterocycles.